The molecule has 132 valence electrons. The van der Waals surface area contributed by atoms with Crippen LogP contribution in [0.5, 0.6) is 0 Å². The molecule has 1 heterocycles. The van der Waals surface area contributed by atoms with Gasteiger partial charge in [-0.15, -0.1) is 0 Å². The summed E-state index contributed by atoms with van der Waals surface area (Å²) in [6.07, 6.45) is 0.860. The Bertz CT molecular complexity index is 926. The Labute approximate surface area is 157 Å². The SMILES string of the molecule is CCc1cc2ccccc2nc1SCC(=O)CNC(=O)c1ccccc1. The summed E-state index contributed by atoms with van der Waals surface area (Å²) in [6, 6.07) is 19.0. The number of ketones is 1. The fourth-order valence-corrected chi connectivity index (χ4v) is 3.54. The second-order valence-electron chi connectivity index (χ2n) is 5.87. The maximum Gasteiger partial charge on any atom is 0.251 e. The third-order valence-electron chi connectivity index (χ3n) is 4.00. The van der Waals surface area contributed by atoms with E-state index in [9.17, 15) is 9.59 Å². The Kier molecular flexibility index (Phi) is 6.02. The highest BCUT2D eigenvalue weighted by atomic mass is 32.2. The molecule has 26 heavy (non-hydrogen) atoms. The van der Waals surface area contributed by atoms with Gasteiger partial charge in [-0.25, -0.2) is 4.98 Å². The lowest BCUT2D eigenvalue weighted by Crippen LogP contribution is -2.30. The molecule has 0 bridgehead atoms. The van der Waals surface area contributed by atoms with Gasteiger partial charge in [-0.1, -0.05) is 55.1 Å². The number of hydrogen-bond donors (Lipinski definition) is 1. The van der Waals surface area contributed by atoms with E-state index in [1.54, 1.807) is 24.3 Å². The largest absolute Gasteiger partial charge is 0.345 e. The Hall–Kier alpha value is -2.66. The van der Waals surface area contributed by atoms with Crippen molar-refractivity contribution in [3.05, 3.63) is 71.8 Å². The number of aryl methyl sites for hydroxylation is 1. The van der Waals surface area contributed by atoms with Crippen molar-refractivity contribution in [1.82, 2.24) is 10.3 Å². The highest BCUT2D eigenvalue weighted by Gasteiger charge is 2.11. The van der Waals surface area contributed by atoms with Crippen LogP contribution < -0.4 is 5.32 Å². The minimum absolute atomic E-state index is 0.0236. The molecule has 0 aliphatic heterocycles. The first-order chi connectivity index (χ1) is 12.7. The molecule has 4 nitrogen and oxygen atoms in total. The van der Waals surface area contributed by atoms with Crippen LogP contribution in [0.15, 0.2) is 65.7 Å². The van der Waals surface area contributed by atoms with Crippen LogP contribution in [0.2, 0.25) is 0 Å². The number of Topliss-reactive ketones (excluding diaryl/α,β-unsaturated/α-hetero) is 1. The van der Waals surface area contributed by atoms with Gasteiger partial charge < -0.3 is 5.32 Å². The summed E-state index contributed by atoms with van der Waals surface area (Å²) in [5.74, 6) is 0.0197. The number of thioether (sulfide) groups is 1. The summed E-state index contributed by atoms with van der Waals surface area (Å²) < 4.78 is 0. The number of carbonyl (C=O) groups excluding carboxylic acids is 2. The van der Waals surface area contributed by atoms with Gasteiger partial charge in [0.15, 0.2) is 5.78 Å². The molecular formula is C21H20N2O2S. The molecule has 0 saturated heterocycles. The van der Waals surface area contributed by atoms with Gasteiger partial charge in [0.25, 0.3) is 5.91 Å². The molecule has 0 aliphatic rings. The molecule has 1 N–H and O–H groups in total. The quantitative estimate of drug-likeness (QED) is 0.646. The van der Waals surface area contributed by atoms with Gasteiger partial charge in [-0.2, -0.15) is 0 Å². The van der Waals surface area contributed by atoms with Crippen LogP contribution in [-0.4, -0.2) is 29.0 Å². The molecule has 2 aromatic carbocycles. The third-order valence-corrected chi connectivity index (χ3v) is 5.09. The first-order valence-electron chi connectivity index (χ1n) is 8.53. The Morgan fingerprint density at radius 3 is 2.54 bits per heavy atom. The monoisotopic (exact) mass is 364 g/mol. The van der Waals surface area contributed by atoms with Crippen LogP contribution >= 0.6 is 11.8 Å². The number of carbonyl (C=O) groups is 2. The van der Waals surface area contributed by atoms with Crippen molar-refractivity contribution in [3.63, 3.8) is 0 Å². The van der Waals surface area contributed by atoms with E-state index in [-0.39, 0.29) is 24.0 Å². The van der Waals surface area contributed by atoms with Crippen molar-refractivity contribution in [1.29, 1.82) is 0 Å². The molecule has 0 unspecified atom stereocenters. The topological polar surface area (TPSA) is 59.1 Å². The summed E-state index contributed by atoms with van der Waals surface area (Å²) in [7, 11) is 0. The van der Waals surface area contributed by atoms with E-state index >= 15 is 0 Å². The van der Waals surface area contributed by atoms with E-state index < -0.39 is 0 Å². The van der Waals surface area contributed by atoms with Crippen molar-refractivity contribution in [3.8, 4) is 0 Å². The van der Waals surface area contributed by atoms with Crippen LogP contribution in [0.1, 0.15) is 22.8 Å². The number of rotatable bonds is 7. The third kappa shape index (κ3) is 4.49. The first-order valence-corrected chi connectivity index (χ1v) is 9.52. The number of hydrogen-bond acceptors (Lipinski definition) is 4. The van der Waals surface area contributed by atoms with E-state index in [1.807, 2.05) is 30.3 Å². The lowest BCUT2D eigenvalue weighted by molar-refractivity contribution is -0.115. The maximum atomic E-state index is 12.2. The van der Waals surface area contributed by atoms with Crippen LogP contribution in [-0.2, 0) is 11.2 Å². The lowest BCUT2D eigenvalue weighted by Gasteiger charge is -2.09. The van der Waals surface area contributed by atoms with Crippen LogP contribution in [0.3, 0.4) is 0 Å². The molecule has 0 atom stereocenters. The predicted molar refractivity (Wildman–Crippen MR) is 106 cm³/mol. The minimum atomic E-state index is -0.234. The molecule has 1 aromatic heterocycles. The molecule has 0 radical (unpaired) electrons. The summed E-state index contributed by atoms with van der Waals surface area (Å²) in [6.45, 7) is 2.10. The average molecular weight is 364 g/mol. The molecule has 3 rings (SSSR count). The Balaban J connectivity index is 1.59. The number of aromatic nitrogens is 1. The van der Waals surface area contributed by atoms with Crippen LogP contribution in [0, 0.1) is 0 Å². The van der Waals surface area contributed by atoms with Gasteiger partial charge in [0.05, 0.1) is 17.8 Å². The van der Waals surface area contributed by atoms with Gasteiger partial charge in [0.2, 0.25) is 0 Å². The van der Waals surface area contributed by atoms with E-state index in [2.05, 4.69) is 23.3 Å². The number of nitrogens with zero attached hydrogens (tertiary/aromatic N) is 1. The highest BCUT2D eigenvalue weighted by molar-refractivity contribution is 8.00. The normalized spacial score (nSPS) is 10.7. The van der Waals surface area contributed by atoms with Crippen molar-refractivity contribution in [2.75, 3.05) is 12.3 Å². The summed E-state index contributed by atoms with van der Waals surface area (Å²) in [5.41, 5.74) is 2.62. The van der Waals surface area contributed by atoms with Crippen LogP contribution in [0.4, 0.5) is 0 Å². The maximum absolute atomic E-state index is 12.2. The number of benzene rings is 2. The summed E-state index contributed by atoms with van der Waals surface area (Å²) in [4.78, 5) is 28.8. The number of fused-ring (bicyclic) bond motifs is 1. The van der Waals surface area contributed by atoms with Gasteiger partial charge in [-0.05, 0) is 36.2 Å². The molecule has 0 aliphatic carbocycles. The van der Waals surface area contributed by atoms with Gasteiger partial charge >= 0.3 is 0 Å². The fraction of sp³-hybridized carbons (Fsp3) is 0.190. The van der Waals surface area contributed by atoms with Gasteiger partial charge in [0, 0.05) is 10.9 Å². The zero-order valence-electron chi connectivity index (χ0n) is 14.6. The van der Waals surface area contributed by atoms with Crippen molar-refractivity contribution in [2.24, 2.45) is 0 Å². The number of nitrogens with one attached hydrogen (secondary N) is 1. The molecule has 0 spiro atoms. The molecule has 0 saturated carbocycles. The number of pyridine rings is 1. The van der Waals surface area contributed by atoms with Crippen molar-refractivity contribution < 1.29 is 9.59 Å². The Morgan fingerprint density at radius 1 is 1.04 bits per heavy atom. The van der Waals surface area contributed by atoms with E-state index in [0.29, 0.717) is 5.56 Å². The molecule has 3 aromatic rings. The van der Waals surface area contributed by atoms with Gasteiger partial charge in [-0.3, -0.25) is 9.59 Å². The standard InChI is InChI=1S/C21H20N2O2S/c1-2-15-12-17-10-6-7-11-19(17)23-21(15)26-14-18(24)13-22-20(25)16-8-4-3-5-9-16/h3-12H,2,13-14H2,1H3,(H,22,25). The predicted octanol–water partition coefficient (Wildman–Crippen LogP) is 3.89. The summed E-state index contributed by atoms with van der Waals surface area (Å²) in [5, 5.41) is 4.66. The zero-order chi connectivity index (χ0) is 18.4. The second-order valence-corrected chi connectivity index (χ2v) is 6.84. The van der Waals surface area contributed by atoms with Gasteiger partial charge in [0.1, 0.15) is 5.03 Å². The molecule has 1 amide bonds. The number of amides is 1. The number of para-hydroxylation sites is 1. The van der Waals surface area contributed by atoms with Crippen molar-refractivity contribution in [2.45, 2.75) is 18.4 Å². The lowest BCUT2D eigenvalue weighted by atomic mass is 10.1. The highest BCUT2D eigenvalue weighted by Crippen LogP contribution is 2.25. The Morgan fingerprint density at radius 2 is 1.77 bits per heavy atom. The van der Waals surface area contributed by atoms with E-state index in [1.165, 1.54) is 11.8 Å². The van der Waals surface area contributed by atoms with E-state index in [4.69, 9.17) is 0 Å². The van der Waals surface area contributed by atoms with Crippen LogP contribution in [0.25, 0.3) is 10.9 Å². The smallest absolute Gasteiger partial charge is 0.251 e. The summed E-state index contributed by atoms with van der Waals surface area (Å²) >= 11 is 1.43. The van der Waals surface area contributed by atoms with Crippen molar-refractivity contribution >= 4 is 34.4 Å². The zero-order valence-corrected chi connectivity index (χ0v) is 15.4. The fourth-order valence-electron chi connectivity index (χ4n) is 2.59. The molecule has 5 heteroatoms. The molecule has 0 fully saturated rings. The first kappa shape index (κ1) is 18.1. The minimum Gasteiger partial charge on any atom is -0.345 e. The second kappa shape index (κ2) is 8.63. The van der Waals surface area contributed by atoms with E-state index in [0.717, 1.165) is 27.9 Å². The molecular weight excluding hydrogens is 344 g/mol. The average Bonchev–Trinajstić information content (AvgIpc) is 2.70.